The molecule has 1 saturated heterocycles. The summed E-state index contributed by atoms with van der Waals surface area (Å²) in [5, 5.41) is 18.2. The zero-order valence-electron chi connectivity index (χ0n) is 12.5. The zero-order chi connectivity index (χ0) is 15.6. The quantitative estimate of drug-likeness (QED) is 0.889. The molecule has 2 aromatic heterocycles. The molecule has 3 rings (SSSR count). The maximum absolute atomic E-state index is 12.5. The van der Waals surface area contributed by atoms with Crippen LogP contribution in [0.3, 0.4) is 0 Å². The van der Waals surface area contributed by atoms with Gasteiger partial charge in [-0.05, 0) is 30.5 Å². The first-order valence-corrected chi connectivity index (χ1v) is 7.40. The van der Waals surface area contributed by atoms with Crippen molar-refractivity contribution in [3.63, 3.8) is 0 Å². The van der Waals surface area contributed by atoms with Crippen molar-refractivity contribution in [2.75, 3.05) is 13.1 Å². The van der Waals surface area contributed by atoms with Gasteiger partial charge in [0.2, 0.25) is 0 Å². The number of pyridine rings is 1. The van der Waals surface area contributed by atoms with Gasteiger partial charge in [0, 0.05) is 18.9 Å². The third-order valence-electron chi connectivity index (χ3n) is 4.00. The van der Waals surface area contributed by atoms with Crippen LogP contribution >= 0.6 is 0 Å². The van der Waals surface area contributed by atoms with Gasteiger partial charge in [-0.15, -0.1) is 5.10 Å². The summed E-state index contributed by atoms with van der Waals surface area (Å²) < 4.78 is 1.59. The molecule has 7 nitrogen and oxygen atoms in total. The van der Waals surface area contributed by atoms with Gasteiger partial charge < -0.3 is 10.0 Å². The highest BCUT2D eigenvalue weighted by molar-refractivity contribution is 5.92. The molecule has 0 spiro atoms. The topological polar surface area (TPSA) is 84.1 Å². The SMILES string of the molecule is CCc1ccnc(C(=O)N2CCC(O)(Cn3ccnn3)C2)c1. The van der Waals surface area contributed by atoms with Crippen LogP contribution in [0.15, 0.2) is 30.7 Å². The van der Waals surface area contributed by atoms with Crippen LogP contribution in [-0.4, -0.2) is 54.6 Å². The average molecular weight is 301 g/mol. The molecular weight excluding hydrogens is 282 g/mol. The van der Waals surface area contributed by atoms with Crippen molar-refractivity contribution in [2.24, 2.45) is 0 Å². The van der Waals surface area contributed by atoms with E-state index in [2.05, 4.69) is 15.3 Å². The molecule has 1 amide bonds. The van der Waals surface area contributed by atoms with Crippen LogP contribution in [0.25, 0.3) is 0 Å². The molecule has 22 heavy (non-hydrogen) atoms. The van der Waals surface area contributed by atoms with Gasteiger partial charge in [-0.1, -0.05) is 12.1 Å². The van der Waals surface area contributed by atoms with Crippen molar-refractivity contribution in [1.82, 2.24) is 24.9 Å². The number of aryl methyl sites for hydroxylation is 1. The normalized spacial score (nSPS) is 21.3. The van der Waals surface area contributed by atoms with Crippen molar-refractivity contribution < 1.29 is 9.90 Å². The number of aromatic nitrogens is 4. The third-order valence-corrected chi connectivity index (χ3v) is 4.00. The summed E-state index contributed by atoms with van der Waals surface area (Å²) in [5.41, 5.74) is 0.547. The number of rotatable bonds is 4. The van der Waals surface area contributed by atoms with E-state index in [0.717, 1.165) is 12.0 Å². The van der Waals surface area contributed by atoms with Gasteiger partial charge in [-0.25, -0.2) is 4.68 Å². The lowest BCUT2D eigenvalue weighted by molar-refractivity contribution is 0.0266. The van der Waals surface area contributed by atoms with E-state index in [1.54, 1.807) is 28.2 Å². The summed E-state index contributed by atoms with van der Waals surface area (Å²) in [7, 11) is 0. The molecule has 0 bridgehead atoms. The van der Waals surface area contributed by atoms with Crippen LogP contribution in [0, 0.1) is 0 Å². The molecule has 2 aromatic rings. The number of likely N-dealkylation sites (tertiary alicyclic amines) is 1. The highest BCUT2D eigenvalue weighted by atomic mass is 16.3. The Morgan fingerprint density at radius 3 is 3.05 bits per heavy atom. The van der Waals surface area contributed by atoms with Crippen molar-refractivity contribution >= 4 is 5.91 Å². The molecule has 3 heterocycles. The first-order chi connectivity index (χ1) is 10.6. The van der Waals surface area contributed by atoms with E-state index in [9.17, 15) is 9.90 Å². The highest BCUT2D eigenvalue weighted by Gasteiger charge is 2.39. The summed E-state index contributed by atoms with van der Waals surface area (Å²) in [4.78, 5) is 18.3. The minimum atomic E-state index is -0.967. The van der Waals surface area contributed by atoms with Crippen molar-refractivity contribution in [1.29, 1.82) is 0 Å². The Morgan fingerprint density at radius 2 is 2.32 bits per heavy atom. The first-order valence-electron chi connectivity index (χ1n) is 7.40. The van der Waals surface area contributed by atoms with Gasteiger partial charge in [0.25, 0.3) is 5.91 Å². The molecule has 7 heteroatoms. The van der Waals surface area contributed by atoms with E-state index < -0.39 is 5.60 Å². The fraction of sp³-hybridized carbons (Fsp3) is 0.467. The lowest BCUT2D eigenvalue weighted by Gasteiger charge is -2.23. The van der Waals surface area contributed by atoms with Gasteiger partial charge in [-0.3, -0.25) is 9.78 Å². The Morgan fingerprint density at radius 1 is 1.45 bits per heavy atom. The second-order valence-corrected chi connectivity index (χ2v) is 5.70. The molecular formula is C15H19N5O2. The van der Waals surface area contributed by atoms with E-state index in [1.807, 2.05) is 19.1 Å². The monoisotopic (exact) mass is 301 g/mol. The summed E-state index contributed by atoms with van der Waals surface area (Å²) in [6, 6.07) is 3.72. The Hall–Kier alpha value is -2.28. The number of hydrogen-bond acceptors (Lipinski definition) is 5. The standard InChI is InChI=1S/C15H19N5O2/c1-2-12-3-5-16-13(9-12)14(21)19-7-4-15(22,10-19)11-20-8-6-17-18-20/h3,5-6,8-9,22H,2,4,7,10-11H2,1H3. The first kappa shape index (κ1) is 14.6. The number of aliphatic hydroxyl groups is 1. The minimum absolute atomic E-state index is 0.134. The number of hydrogen-bond donors (Lipinski definition) is 1. The summed E-state index contributed by atoms with van der Waals surface area (Å²) in [6.45, 7) is 3.17. The number of carbonyl (C=O) groups is 1. The zero-order valence-corrected chi connectivity index (χ0v) is 12.5. The molecule has 1 atom stereocenters. The van der Waals surface area contributed by atoms with Crippen molar-refractivity contribution in [3.8, 4) is 0 Å². The molecule has 1 aliphatic rings. The minimum Gasteiger partial charge on any atom is -0.386 e. The molecule has 1 N–H and O–H groups in total. The Kier molecular flexibility index (Phi) is 3.89. The largest absolute Gasteiger partial charge is 0.386 e. The van der Waals surface area contributed by atoms with Crippen LogP contribution in [-0.2, 0) is 13.0 Å². The average Bonchev–Trinajstić information content (AvgIpc) is 3.17. The molecule has 0 radical (unpaired) electrons. The number of amides is 1. The van der Waals surface area contributed by atoms with Crippen LogP contribution in [0.4, 0.5) is 0 Å². The molecule has 0 aromatic carbocycles. The van der Waals surface area contributed by atoms with Crippen LogP contribution in [0.1, 0.15) is 29.4 Å². The maximum atomic E-state index is 12.5. The molecule has 0 saturated carbocycles. The molecule has 116 valence electrons. The lowest BCUT2D eigenvalue weighted by Crippen LogP contribution is -2.39. The Bertz CT molecular complexity index is 658. The summed E-state index contributed by atoms with van der Waals surface area (Å²) >= 11 is 0. The molecule has 1 unspecified atom stereocenters. The maximum Gasteiger partial charge on any atom is 0.272 e. The number of β-amino-alcohol motifs (C(OH)–C–C–N with tert-alkyl or cyclic N) is 1. The Labute approximate surface area is 128 Å². The number of nitrogens with zero attached hydrogens (tertiary/aromatic N) is 5. The van der Waals surface area contributed by atoms with Gasteiger partial charge in [0.15, 0.2) is 0 Å². The molecule has 1 fully saturated rings. The Balaban J connectivity index is 1.70. The van der Waals surface area contributed by atoms with Gasteiger partial charge in [-0.2, -0.15) is 0 Å². The second-order valence-electron chi connectivity index (χ2n) is 5.70. The smallest absolute Gasteiger partial charge is 0.272 e. The van der Waals surface area contributed by atoms with E-state index in [0.29, 0.717) is 25.2 Å². The molecule has 1 aliphatic heterocycles. The third kappa shape index (κ3) is 2.99. The second kappa shape index (κ2) is 5.84. The van der Waals surface area contributed by atoms with E-state index in [4.69, 9.17) is 0 Å². The molecule has 0 aliphatic carbocycles. The number of carbonyl (C=O) groups excluding carboxylic acids is 1. The van der Waals surface area contributed by atoms with Crippen LogP contribution in [0.2, 0.25) is 0 Å². The fourth-order valence-corrected chi connectivity index (χ4v) is 2.75. The van der Waals surface area contributed by atoms with E-state index in [-0.39, 0.29) is 12.5 Å². The van der Waals surface area contributed by atoms with Gasteiger partial charge in [0.05, 0.1) is 19.3 Å². The highest BCUT2D eigenvalue weighted by Crippen LogP contribution is 2.24. The van der Waals surface area contributed by atoms with Crippen LogP contribution in [0.5, 0.6) is 0 Å². The van der Waals surface area contributed by atoms with E-state index in [1.165, 1.54) is 0 Å². The fourth-order valence-electron chi connectivity index (χ4n) is 2.75. The predicted molar refractivity (Wildman–Crippen MR) is 79.1 cm³/mol. The van der Waals surface area contributed by atoms with Crippen LogP contribution < -0.4 is 0 Å². The summed E-state index contributed by atoms with van der Waals surface area (Å²) in [5.74, 6) is -0.134. The summed E-state index contributed by atoms with van der Waals surface area (Å²) in [6.07, 6.45) is 6.31. The van der Waals surface area contributed by atoms with Crippen molar-refractivity contribution in [3.05, 3.63) is 42.0 Å². The van der Waals surface area contributed by atoms with E-state index >= 15 is 0 Å². The van der Waals surface area contributed by atoms with Gasteiger partial charge >= 0.3 is 0 Å². The predicted octanol–water partition coefficient (Wildman–Crippen LogP) is 0.513. The van der Waals surface area contributed by atoms with Crippen molar-refractivity contribution in [2.45, 2.75) is 31.9 Å². The van der Waals surface area contributed by atoms with Gasteiger partial charge in [0.1, 0.15) is 11.3 Å². The lowest BCUT2D eigenvalue weighted by atomic mass is 10.0.